The Morgan fingerprint density at radius 1 is 0.720 bits per heavy atom. The Labute approximate surface area is 146 Å². The smallest absolute Gasteiger partial charge is 0.339 e. The van der Waals surface area contributed by atoms with Gasteiger partial charge in [-0.1, -0.05) is 72.8 Å². The van der Waals surface area contributed by atoms with Crippen LogP contribution in [-0.4, -0.2) is 17.0 Å². The van der Waals surface area contributed by atoms with Crippen LogP contribution in [0.5, 0.6) is 5.75 Å². The Bertz CT molecular complexity index is 789. The van der Waals surface area contributed by atoms with E-state index in [1.54, 1.807) is 12.1 Å². The van der Waals surface area contributed by atoms with E-state index in [0.29, 0.717) is 0 Å². The lowest BCUT2D eigenvalue weighted by molar-refractivity contribution is -0.131. The molecule has 0 heterocycles. The lowest BCUT2D eigenvalue weighted by Crippen LogP contribution is -2.06. The fraction of sp³-hybridized carbons (Fsp3) is 0.0476. The minimum atomic E-state index is -1.11. The van der Waals surface area contributed by atoms with E-state index in [0.717, 1.165) is 0 Å². The minimum absolute atomic E-state index is 0.0160. The number of carboxylic acid groups (broad SMARTS) is 1. The lowest BCUT2D eigenvalue weighted by atomic mass is 10.1. The quantitative estimate of drug-likeness (QED) is 0.559. The topological polar surface area (TPSA) is 63.6 Å². The van der Waals surface area contributed by atoms with E-state index in [2.05, 4.69) is 53.3 Å². The van der Waals surface area contributed by atoms with Gasteiger partial charge in [-0.25, -0.2) is 4.79 Å². The van der Waals surface area contributed by atoms with E-state index >= 15 is 0 Å². The molecule has 0 bridgehead atoms. The van der Waals surface area contributed by atoms with Crippen LogP contribution in [-0.2, 0) is 4.79 Å². The number of carboxylic acids is 1. The number of hydrogen-bond donors (Lipinski definition) is 1. The summed E-state index contributed by atoms with van der Waals surface area (Å²) in [5.41, 5.74) is 2.54. The molecule has 0 saturated carbocycles. The molecule has 4 nitrogen and oxygen atoms in total. The third-order valence-corrected chi connectivity index (χ3v) is 3.25. The number of rotatable bonds is 3. The van der Waals surface area contributed by atoms with Crippen LogP contribution >= 0.6 is 0 Å². The molecule has 0 saturated heterocycles. The Balaban J connectivity index is 0.000000181. The van der Waals surface area contributed by atoms with Crippen molar-refractivity contribution in [2.24, 2.45) is 0 Å². The third kappa shape index (κ3) is 5.62. The van der Waals surface area contributed by atoms with E-state index in [4.69, 9.17) is 5.11 Å². The molecule has 0 aliphatic heterocycles. The van der Waals surface area contributed by atoms with Crippen LogP contribution in [0.4, 0.5) is 0 Å². The Morgan fingerprint density at radius 2 is 1.16 bits per heavy atom. The largest absolute Gasteiger partial charge is 0.478 e. The van der Waals surface area contributed by atoms with Crippen molar-refractivity contribution < 1.29 is 19.4 Å². The maximum Gasteiger partial charge on any atom is 0.339 e. The number of esters is 1. The number of benzene rings is 3. The molecular weight excluding hydrogens is 316 g/mol. The van der Waals surface area contributed by atoms with Crippen molar-refractivity contribution in [1.82, 2.24) is 0 Å². The van der Waals surface area contributed by atoms with E-state index in [1.165, 1.54) is 30.2 Å². The predicted octanol–water partition coefficient (Wildman–Crippen LogP) is 4.66. The van der Waals surface area contributed by atoms with Crippen molar-refractivity contribution in [2.75, 3.05) is 0 Å². The molecule has 0 aromatic heterocycles. The molecule has 3 aromatic rings. The summed E-state index contributed by atoms with van der Waals surface area (Å²) in [7, 11) is 0. The summed E-state index contributed by atoms with van der Waals surface area (Å²) in [5, 5.41) is 8.69. The molecule has 3 aromatic carbocycles. The zero-order valence-corrected chi connectivity index (χ0v) is 13.8. The number of carbonyl (C=O) groups is 2. The van der Waals surface area contributed by atoms with Gasteiger partial charge in [-0.15, -0.1) is 0 Å². The number of carbonyl (C=O) groups excluding carboxylic acids is 1. The number of para-hydroxylation sites is 1. The highest BCUT2D eigenvalue weighted by Crippen LogP contribution is 2.18. The fourth-order valence-electron chi connectivity index (χ4n) is 2.15. The highest BCUT2D eigenvalue weighted by Gasteiger charge is 2.10. The second-order valence-electron chi connectivity index (χ2n) is 5.13. The molecule has 1 N–H and O–H groups in total. The van der Waals surface area contributed by atoms with Gasteiger partial charge in [-0.3, -0.25) is 4.79 Å². The second-order valence-corrected chi connectivity index (χ2v) is 5.13. The first-order valence-electron chi connectivity index (χ1n) is 7.69. The molecular formula is C21H18O4. The normalized spacial score (nSPS) is 9.48. The van der Waals surface area contributed by atoms with Gasteiger partial charge >= 0.3 is 11.9 Å². The van der Waals surface area contributed by atoms with Crippen LogP contribution in [0.25, 0.3) is 11.1 Å². The number of hydrogen-bond acceptors (Lipinski definition) is 3. The first-order chi connectivity index (χ1) is 12.1. The standard InChI is InChI=1S/C12H10.C9H8O4/c1-3-7-11(8-4-1)12-9-5-2-6-10-12;1-6(10)13-8-5-3-2-4-7(8)9(11)12/h1-10H;2-5H,1H3,(H,11,12). The lowest BCUT2D eigenvalue weighted by Gasteiger charge is -2.03. The highest BCUT2D eigenvalue weighted by atomic mass is 16.5. The van der Waals surface area contributed by atoms with Crippen LogP contribution in [0, 0.1) is 0 Å². The van der Waals surface area contributed by atoms with Crippen LogP contribution in [0.1, 0.15) is 17.3 Å². The molecule has 0 unspecified atom stereocenters. The molecule has 0 radical (unpaired) electrons. The van der Waals surface area contributed by atoms with Gasteiger partial charge in [0.05, 0.1) is 0 Å². The van der Waals surface area contributed by atoms with Crippen molar-refractivity contribution in [3.8, 4) is 16.9 Å². The van der Waals surface area contributed by atoms with Gasteiger partial charge in [0, 0.05) is 6.92 Å². The summed E-state index contributed by atoms with van der Waals surface area (Å²) >= 11 is 0. The monoisotopic (exact) mass is 334 g/mol. The minimum Gasteiger partial charge on any atom is -0.478 e. The van der Waals surface area contributed by atoms with Crippen molar-refractivity contribution in [3.63, 3.8) is 0 Å². The molecule has 25 heavy (non-hydrogen) atoms. The summed E-state index contributed by atoms with van der Waals surface area (Å²) in [6, 6.07) is 26.8. The van der Waals surface area contributed by atoms with Crippen molar-refractivity contribution >= 4 is 11.9 Å². The van der Waals surface area contributed by atoms with Gasteiger partial charge in [-0.05, 0) is 23.3 Å². The van der Waals surface area contributed by atoms with E-state index in [9.17, 15) is 9.59 Å². The average molecular weight is 334 g/mol. The maximum atomic E-state index is 10.6. The van der Waals surface area contributed by atoms with Crippen molar-refractivity contribution in [3.05, 3.63) is 90.5 Å². The SMILES string of the molecule is CC(=O)Oc1ccccc1C(=O)O.c1ccc(-c2ccccc2)cc1. The molecule has 0 aliphatic rings. The van der Waals surface area contributed by atoms with Gasteiger partial charge < -0.3 is 9.84 Å². The number of aromatic carboxylic acids is 1. The van der Waals surface area contributed by atoms with Crippen LogP contribution in [0.2, 0.25) is 0 Å². The average Bonchev–Trinajstić information content (AvgIpc) is 2.63. The molecule has 0 atom stereocenters. The fourth-order valence-corrected chi connectivity index (χ4v) is 2.15. The van der Waals surface area contributed by atoms with Crippen molar-refractivity contribution in [1.29, 1.82) is 0 Å². The van der Waals surface area contributed by atoms with Gasteiger partial charge in [0.1, 0.15) is 11.3 Å². The van der Waals surface area contributed by atoms with E-state index in [1.807, 2.05) is 12.1 Å². The summed E-state index contributed by atoms with van der Waals surface area (Å²) < 4.78 is 4.69. The van der Waals surface area contributed by atoms with Crippen LogP contribution in [0.3, 0.4) is 0 Å². The molecule has 0 spiro atoms. The molecule has 0 aliphatic carbocycles. The van der Waals surface area contributed by atoms with Gasteiger partial charge in [0.25, 0.3) is 0 Å². The molecule has 126 valence electrons. The second kappa shape index (κ2) is 9.03. The Kier molecular flexibility index (Phi) is 6.48. The zero-order chi connectivity index (χ0) is 18.1. The summed E-state index contributed by atoms with van der Waals surface area (Å²) in [4.78, 5) is 21.2. The Morgan fingerprint density at radius 3 is 1.60 bits per heavy atom. The first-order valence-corrected chi connectivity index (χ1v) is 7.69. The first kappa shape index (κ1) is 17.9. The number of ether oxygens (including phenoxy) is 1. The molecule has 0 amide bonds. The Hall–Kier alpha value is -3.40. The summed E-state index contributed by atoms with van der Waals surface area (Å²) in [6.07, 6.45) is 0. The van der Waals surface area contributed by atoms with Crippen LogP contribution in [0.15, 0.2) is 84.9 Å². The molecule has 4 heteroatoms. The highest BCUT2D eigenvalue weighted by molar-refractivity contribution is 5.91. The zero-order valence-electron chi connectivity index (χ0n) is 13.8. The van der Waals surface area contributed by atoms with Crippen LogP contribution < -0.4 is 4.74 Å². The molecule has 3 rings (SSSR count). The van der Waals surface area contributed by atoms with Gasteiger partial charge in [-0.2, -0.15) is 0 Å². The maximum absolute atomic E-state index is 10.6. The van der Waals surface area contributed by atoms with E-state index < -0.39 is 11.9 Å². The molecule has 0 fully saturated rings. The summed E-state index contributed by atoms with van der Waals surface area (Å²) in [5.74, 6) is -1.58. The predicted molar refractivity (Wildman–Crippen MR) is 96.6 cm³/mol. The van der Waals surface area contributed by atoms with Gasteiger partial charge in [0.2, 0.25) is 0 Å². The third-order valence-electron chi connectivity index (χ3n) is 3.25. The van der Waals surface area contributed by atoms with Crippen molar-refractivity contribution in [2.45, 2.75) is 6.92 Å². The van der Waals surface area contributed by atoms with Gasteiger partial charge in [0.15, 0.2) is 0 Å². The summed E-state index contributed by atoms with van der Waals surface area (Å²) in [6.45, 7) is 1.22. The van der Waals surface area contributed by atoms with E-state index in [-0.39, 0.29) is 11.3 Å².